The number of methoxy groups -OCH3 is 1. The third kappa shape index (κ3) is 3.73. The monoisotopic (exact) mass is 284 g/mol. The Morgan fingerprint density at radius 1 is 1.24 bits per heavy atom. The maximum Gasteiger partial charge on any atom is 0.141 e. The summed E-state index contributed by atoms with van der Waals surface area (Å²) >= 11 is 0. The molecule has 1 N–H and O–H groups in total. The molecular formula is C17H17FN2O. The minimum absolute atomic E-state index is 0.301. The molecule has 2 aromatic rings. The molecule has 108 valence electrons. The maximum absolute atomic E-state index is 13.3. The fraction of sp³-hybridized carbons (Fsp3) is 0.235. The van der Waals surface area contributed by atoms with Crippen LogP contribution in [0.15, 0.2) is 48.5 Å². The van der Waals surface area contributed by atoms with Crippen LogP contribution in [0.2, 0.25) is 0 Å². The molecule has 4 heteroatoms. The number of nitriles is 1. The van der Waals surface area contributed by atoms with Crippen LogP contribution in [0.3, 0.4) is 0 Å². The van der Waals surface area contributed by atoms with Gasteiger partial charge in [0.25, 0.3) is 0 Å². The molecule has 0 amide bonds. The highest BCUT2D eigenvalue weighted by molar-refractivity contribution is 5.59. The van der Waals surface area contributed by atoms with Gasteiger partial charge < -0.3 is 10.1 Å². The van der Waals surface area contributed by atoms with Crippen LogP contribution in [0.1, 0.15) is 12.5 Å². The van der Waals surface area contributed by atoms with Gasteiger partial charge in [-0.3, -0.25) is 0 Å². The zero-order valence-corrected chi connectivity index (χ0v) is 12.1. The molecule has 0 radical (unpaired) electrons. The smallest absolute Gasteiger partial charge is 0.141 e. The lowest BCUT2D eigenvalue weighted by Crippen LogP contribution is -2.35. The van der Waals surface area contributed by atoms with E-state index in [2.05, 4.69) is 11.4 Å². The van der Waals surface area contributed by atoms with Gasteiger partial charge in [0.05, 0.1) is 18.9 Å². The number of anilines is 1. The summed E-state index contributed by atoms with van der Waals surface area (Å²) in [6.07, 6.45) is 0.388. The summed E-state index contributed by atoms with van der Waals surface area (Å²) in [6.45, 7) is 1.78. The minimum Gasteiger partial charge on any atom is -0.495 e. The van der Waals surface area contributed by atoms with Crippen molar-refractivity contribution < 1.29 is 9.13 Å². The van der Waals surface area contributed by atoms with E-state index in [1.54, 1.807) is 20.1 Å². The van der Waals surface area contributed by atoms with Crippen LogP contribution in [0.25, 0.3) is 0 Å². The molecule has 0 saturated carbocycles. The van der Waals surface area contributed by atoms with Gasteiger partial charge in [-0.15, -0.1) is 0 Å². The summed E-state index contributed by atoms with van der Waals surface area (Å²) in [4.78, 5) is 0. The third-order valence-electron chi connectivity index (χ3n) is 3.21. The number of ether oxygens (including phenoxy) is 1. The zero-order valence-electron chi connectivity index (χ0n) is 12.1. The Bertz CT molecular complexity index is 666. The van der Waals surface area contributed by atoms with Crippen molar-refractivity contribution in [3.63, 3.8) is 0 Å². The number of halogens is 1. The highest BCUT2D eigenvalue weighted by Gasteiger charge is 2.25. The Morgan fingerprint density at radius 2 is 2.00 bits per heavy atom. The van der Waals surface area contributed by atoms with E-state index in [4.69, 9.17) is 4.74 Å². The van der Waals surface area contributed by atoms with Crippen molar-refractivity contribution in [3.05, 3.63) is 59.9 Å². The van der Waals surface area contributed by atoms with Gasteiger partial charge >= 0.3 is 0 Å². The van der Waals surface area contributed by atoms with Crippen molar-refractivity contribution in [3.8, 4) is 11.8 Å². The summed E-state index contributed by atoms with van der Waals surface area (Å²) in [5.41, 5.74) is 0.643. The summed E-state index contributed by atoms with van der Waals surface area (Å²) in [7, 11) is 1.58. The predicted octanol–water partition coefficient (Wildman–Crippen LogP) is 3.77. The molecule has 1 atom stereocenters. The fourth-order valence-corrected chi connectivity index (χ4v) is 2.21. The molecule has 0 spiro atoms. The molecule has 21 heavy (non-hydrogen) atoms. The van der Waals surface area contributed by atoms with E-state index in [-0.39, 0.29) is 5.82 Å². The highest BCUT2D eigenvalue weighted by Crippen LogP contribution is 2.28. The molecule has 0 bridgehead atoms. The van der Waals surface area contributed by atoms with Gasteiger partial charge in [-0.25, -0.2) is 4.39 Å². The van der Waals surface area contributed by atoms with E-state index in [0.29, 0.717) is 12.2 Å². The lowest BCUT2D eigenvalue weighted by atomic mass is 9.93. The fourth-order valence-electron chi connectivity index (χ4n) is 2.21. The number of para-hydroxylation sites is 2. The van der Waals surface area contributed by atoms with E-state index in [0.717, 1.165) is 11.3 Å². The summed E-state index contributed by atoms with van der Waals surface area (Å²) in [5.74, 6) is 0.364. The van der Waals surface area contributed by atoms with Crippen LogP contribution in [-0.4, -0.2) is 12.6 Å². The van der Waals surface area contributed by atoms with Crippen molar-refractivity contribution in [2.45, 2.75) is 18.9 Å². The van der Waals surface area contributed by atoms with Gasteiger partial charge in [0.15, 0.2) is 0 Å². The number of nitrogens with one attached hydrogen (secondary N) is 1. The van der Waals surface area contributed by atoms with E-state index >= 15 is 0 Å². The second kappa shape index (κ2) is 6.27. The van der Waals surface area contributed by atoms with E-state index < -0.39 is 5.54 Å². The Hall–Kier alpha value is -2.54. The summed E-state index contributed by atoms with van der Waals surface area (Å²) in [6, 6.07) is 15.9. The van der Waals surface area contributed by atoms with Crippen molar-refractivity contribution in [1.82, 2.24) is 0 Å². The highest BCUT2D eigenvalue weighted by atomic mass is 19.1. The summed E-state index contributed by atoms with van der Waals surface area (Å²) < 4.78 is 18.5. The Kier molecular flexibility index (Phi) is 4.44. The van der Waals surface area contributed by atoms with Crippen molar-refractivity contribution in [2.75, 3.05) is 12.4 Å². The first kappa shape index (κ1) is 14.9. The van der Waals surface area contributed by atoms with Crippen LogP contribution in [0, 0.1) is 17.1 Å². The minimum atomic E-state index is -0.859. The topological polar surface area (TPSA) is 45.0 Å². The van der Waals surface area contributed by atoms with E-state index in [1.165, 1.54) is 12.1 Å². The molecule has 0 aromatic heterocycles. The second-order valence-electron chi connectivity index (χ2n) is 5.08. The molecule has 0 fully saturated rings. The number of rotatable bonds is 5. The molecule has 0 saturated heterocycles. The molecule has 0 aliphatic heterocycles. The quantitative estimate of drug-likeness (QED) is 0.909. The summed E-state index contributed by atoms with van der Waals surface area (Å²) in [5, 5.41) is 12.7. The molecular weight excluding hydrogens is 267 g/mol. The van der Waals surface area contributed by atoms with Crippen molar-refractivity contribution >= 4 is 5.69 Å². The molecule has 0 aliphatic rings. The SMILES string of the molecule is COc1ccccc1NC(C)(C#N)Cc1cccc(F)c1. The standard InChI is InChI=1S/C17H17FN2O/c1-17(12-19,11-13-6-5-7-14(18)10-13)20-15-8-3-4-9-16(15)21-2/h3-10,20H,11H2,1-2H3. The molecule has 2 rings (SSSR count). The average Bonchev–Trinajstić information content (AvgIpc) is 2.47. The zero-order chi connectivity index (χ0) is 15.3. The largest absolute Gasteiger partial charge is 0.495 e. The Labute approximate surface area is 124 Å². The van der Waals surface area contributed by atoms with Gasteiger partial charge in [-0.05, 0) is 36.8 Å². The van der Waals surface area contributed by atoms with Crippen LogP contribution < -0.4 is 10.1 Å². The van der Waals surface area contributed by atoms with Gasteiger partial charge in [0, 0.05) is 6.42 Å². The van der Waals surface area contributed by atoms with Gasteiger partial charge in [-0.2, -0.15) is 5.26 Å². The first-order valence-corrected chi connectivity index (χ1v) is 6.63. The first-order chi connectivity index (χ1) is 10.1. The van der Waals surface area contributed by atoms with Crippen LogP contribution in [0.4, 0.5) is 10.1 Å². The number of hydrogen-bond donors (Lipinski definition) is 1. The predicted molar refractivity (Wildman–Crippen MR) is 80.7 cm³/mol. The van der Waals surface area contributed by atoms with Crippen LogP contribution >= 0.6 is 0 Å². The van der Waals surface area contributed by atoms with Gasteiger partial charge in [0.2, 0.25) is 0 Å². The number of hydrogen-bond acceptors (Lipinski definition) is 3. The van der Waals surface area contributed by atoms with Crippen LogP contribution in [-0.2, 0) is 6.42 Å². The normalized spacial score (nSPS) is 13.0. The van der Waals surface area contributed by atoms with Crippen molar-refractivity contribution in [1.29, 1.82) is 5.26 Å². The first-order valence-electron chi connectivity index (χ1n) is 6.63. The third-order valence-corrected chi connectivity index (χ3v) is 3.21. The Balaban J connectivity index is 2.24. The Morgan fingerprint density at radius 3 is 2.67 bits per heavy atom. The molecule has 0 heterocycles. The maximum atomic E-state index is 13.3. The average molecular weight is 284 g/mol. The molecule has 0 aliphatic carbocycles. The molecule has 1 unspecified atom stereocenters. The van der Waals surface area contributed by atoms with E-state index in [1.807, 2.05) is 30.3 Å². The molecule has 3 nitrogen and oxygen atoms in total. The van der Waals surface area contributed by atoms with Gasteiger partial charge in [-0.1, -0.05) is 24.3 Å². The van der Waals surface area contributed by atoms with E-state index in [9.17, 15) is 9.65 Å². The molecule has 2 aromatic carbocycles. The number of benzene rings is 2. The van der Waals surface area contributed by atoms with Crippen LogP contribution in [0.5, 0.6) is 5.75 Å². The van der Waals surface area contributed by atoms with Crippen molar-refractivity contribution in [2.24, 2.45) is 0 Å². The van der Waals surface area contributed by atoms with Gasteiger partial charge in [0.1, 0.15) is 17.1 Å². The lowest BCUT2D eigenvalue weighted by Gasteiger charge is -2.25. The second-order valence-corrected chi connectivity index (χ2v) is 5.08. The number of nitrogens with zero attached hydrogens (tertiary/aromatic N) is 1. The lowest BCUT2D eigenvalue weighted by molar-refractivity contribution is 0.415.